The third-order valence-corrected chi connectivity index (χ3v) is 4.13. The zero-order valence-corrected chi connectivity index (χ0v) is 12.7. The van der Waals surface area contributed by atoms with Crippen LogP contribution in [0.15, 0.2) is 24.3 Å². The maximum absolute atomic E-state index is 6.14. The third kappa shape index (κ3) is 3.71. The molecule has 1 fully saturated rings. The van der Waals surface area contributed by atoms with Crippen molar-refractivity contribution in [2.75, 3.05) is 13.2 Å². The predicted octanol–water partition coefficient (Wildman–Crippen LogP) is 4.34. The Morgan fingerprint density at radius 3 is 2.89 bits per heavy atom. The van der Waals surface area contributed by atoms with Crippen LogP contribution in [0.25, 0.3) is 0 Å². The summed E-state index contributed by atoms with van der Waals surface area (Å²) in [4.78, 5) is 0. The molecule has 0 bridgehead atoms. The minimum absolute atomic E-state index is 0.127. The molecular weight excluding hydrogens is 258 g/mol. The number of rotatable bonds is 5. The third-order valence-electron chi connectivity index (χ3n) is 3.89. The van der Waals surface area contributed by atoms with Gasteiger partial charge in [0.25, 0.3) is 0 Å². The quantitative estimate of drug-likeness (QED) is 0.867. The van der Waals surface area contributed by atoms with Crippen LogP contribution in [-0.2, 0) is 4.74 Å². The summed E-state index contributed by atoms with van der Waals surface area (Å²) in [5, 5.41) is 4.43. The Kier molecular flexibility index (Phi) is 5.26. The minimum atomic E-state index is -0.127. The topological polar surface area (TPSA) is 21.3 Å². The summed E-state index contributed by atoms with van der Waals surface area (Å²) in [6, 6.07) is 8.35. The monoisotopic (exact) mass is 281 g/mol. The molecule has 1 heterocycles. The highest BCUT2D eigenvalue weighted by molar-refractivity contribution is 6.30. The van der Waals surface area contributed by atoms with E-state index in [0.717, 1.165) is 31.0 Å². The molecule has 1 aromatic rings. The van der Waals surface area contributed by atoms with E-state index in [4.69, 9.17) is 16.3 Å². The molecule has 1 saturated heterocycles. The molecule has 1 N–H and O–H groups in total. The first-order valence-corrected chi connectivity index (χ1v) is 7.66. The van der Waals surface area contributed by atoms with Crippen LogP contribution in [0.3, 0.4) is 0 Å². The van der Waals surface area contributed by atoms with Crippen LogP contribution in [-0.4, -0.2) is 18.8 Å². The fourth-order valence-electron chi connectivity index (χ4n) is 2.84. The van der Waals surface area contributed by atoms with Gasteiger partial charge in [-0.2, -0.15) is 0 Å². The molecule has 1 aromatic carbocycles. The van der Waals surface area contributed by atoms with Crippen molar-refractivity contribution < 1.29 is 4.74 Å². The Bertz CT molecular complexity index is 401. The number of halogens is 1. The Hall–Kier alpha value is -0.570. The number of ether oxygens (including phenoxy) is 1. The van der Waals surface area contributed by atoms with E-state index in [0.29, 0.717) is 0 Å². The van der Waals surface area contributed by atoms with Crippen molar-refractivity contribution in [1.29, 1.82) is 0 Å². The van der Waals surface area contributed by atoms with Crippen molar-refractivity contribution in [2.24, 2.45) is 0 Å². The highest BCUT2D eigenvalue weighted by Gasteiger charge is 2.37. The standard InChI is InChI=1S/C16H24ClNO/c1-3-10-18-15(13-7-6-8-14(17)12-13)16(2)9-4-5-11-19-16/h6-8,12,15,18H,3-5,9-11H2,1-2H3. The molecular formula is C16H24ClNO. The van der Waals surface area contributed by atoms with E-state index >= 15 is 0 Å². The summed E-state index contributed by atoms with van der Waals surface area (Å²) in [5.74, 6) is 0. The second-order valence-corrected chi connectivity index (χ2v) is 6.00. The van der Waals surface area contributed by atoms with Gasteiger partial charge in [-0.1, -0.05) is 30.7 Å². The van der Waals surface area contributed by atoms with Crippen molar-refractivity contribution in [1.82, 2.24) is 5.32 Å². The average molecular weight is 282 g/mol. The lowest BCUT2D eigenvalue weighted by molar-refractivity contribution is -0.0897. The lowest BCUT2D eigenvalue weighted by Crippen LogP contribution is -2.46. The largest absolute Gasteiger partial charge is 0.373 e. The van der Waals surface area contributed by atoms with Crippen LogP contribution in [0.2, 0.25) is 5.02 Å². The van der Waals surface area contributed by atoms with Crippen LogP contribution in [0, 0.1) is 0 Å². The summed E-state index contributed by atoms with van der Waals surface area (Å²) >= 11 is 6.14. The molecule has 2 nitrogen and oxygen atoms in total. The van der Waals surface area contributed by atoms with Crippen LogP contribution in [0.5, 0.6) is 0 Å². The summed E-state index contributed by atoms with van der Waals surface area (Å²) in [7, 11) is 0. The van der Waals surface area contributed by atoms with E-state index in [2.05, 4.69) is 31.3 Å². The maximum atomic E-state index is 6.14. The average Bonchev–Trinajstić information content (AvgIpc) is 2.40. The van der Waals surface area contributed by atoms with Crippen molar-refractivity contribution in [3.8, 4) is 0 Å². The Labute approximate surface area is 121 Å². The summed E-state index contributed by atoms with van der Waals surface area (Å²) in [6.45, 7) is 6.27. The molecule has 1 aliphatic rings. The van der Waals surface area contributed by atoms with Gasteiger partial charge >= 0.3 is 0 Å². The van der Waals surface area contributed by atoms with Gasteiger partial charge in [0.15, 0.2) is 0 Å². The highest BCUT2D eigenvalue weighted by Crippen LogP contribution is 2.37. The number of hydrogen-bond donors (Lipinski definition) is 1. The van der Waals surface area contributed by atoms with E-state index in [1.165, 1.54) is 18.4 Å². The molecule has 19 heavy (non-hydrogen) atoms. The Balaban J connectivity index is 2.24. The highest BCUT2D eigenvalue weighted by atomic mass is 35.5. The first kappa shape index (κ1) is 14.8. The van der Waals surface area contributed by atoms with Gasteiger partial charge in [-0.15, -0.1) is 0 Å². The van der Waals surface area contributed by atoms with Gasteiger partial charge in [0.05, 0.1) is 11.6 Å². The van der Waals surface area contributed by atoms with E-state index in [-0.39, 0.29) is 11.6 Å². The van der Waals surface area contributed by atoms with E-state index in [9.17, 15) is 0 Å². The van der Waals surface area contributed by atoms with Gasteiger partial charge < -0.3 is 10.1 Å². The second-order valence-electron chi connectivity index (χ2n) is 5.56. The maximum Gasteiger partial charge on any atom is 0.0848 e. The van der Waals surface area contributed by atoms with Gasteiger partial charge in [0, 0.05) is 11.6 Å². The lowest BCUT2D eigenvalue weighted by Gasteiger charge is -2.41. The molecule has 0 radical (unpaired) electrons. The number of nitrogens with one attached hydrogen (secondary N) is 1. The number of hydrogen-bond acceptors (Lipinski definition) is 2. The molecule has 106 valence electrons. The van der Waals surface area contributed by atoms with E-state index in [1.54, 1.807) is 0 Å². The van der Waals surface area contributed by atoms with Crippen molar-refractivity contribution in [3.63, 3.8) is 0 Å². The summed E-state index contributed by atoms with van der Waals surface area (Å²) < 4.78 is 6.11. The van der Waals surface area contributed by atoms with Gasteiger partial charge in [0.1, 0.15) is 0 Å². The molecule has 0 aromatic heterocycles. The lowest BCUT2D eigenvalue weighted by atomic mass is 9.84. The van der Waals surface area contributed by atoms with Crippen molar-refractivity contribution >= 4 is 11.6 Å². The molecule has 2 atom stereocenters. The van der Waals surface area contributed by atoms with Crippen molar-refractivity contribution in [2.45, 2.75) is 51.2 Å². The zero-order valence-electron chi connectivity index (χ0n) is 11.9. The smallest absolute Gasteiger partial charge is 0.0848 e. The van der Waals surface area contributed by atoms with Crippen LogP contribution in [0.4, 0.5) is 0 Å². The molecule has 0 spiro atoms. The molecule has 0 amide bonds. The second kappa shape index (κ2) is 6.74. The van der Waals surface area contributed by atoms with E-state index < -0.39 is 0 Å². The molecule has 2 unspecified atom stereocenters. The molecule has 0 aliphatic carbocycles. The zero-order chi connectivity index (χ0) is 13.7. The SMILES string of the molecule is CCCNC(c1cccc(Cl)c1)C1(C)CCCCO1. The van der Waals surface area contributed by atoms with E-state index in [1.807, 2.05) is 12.1 Å². The summed E-state index contributed by atoms with van der Waals surface area (Å²) in [5.41, 5.74) is 1.10. The van der Waals surface area contributed by atoms with Gasteiger partial charge in [-0.05, 0) is 56.8 Å². The molecule has 3 heteroatoms. The minimum Gasteiger partial charge on any atom is -0.373 e. The fraction of sp³-hybridized carbons (Fsp3) is 0.625. The van der Waals surface area contributed by atoms with Crippen LogP contribution >= 0.6 is 11.6 Å². The van der Waals surface area contributed by atoms with Gasteiger partial charge in [-0.3, -0.25) is 0 Å². The van der Waals surface area contributed by atoms with Gasteiger partial charge in [0.2, 0.25) is 0 Å². The fourth-order valence-corrected chi connectivity index (χ4v) is 3.04. The molecule has 2 rings (SSSR count). The Morgan fingerprint density at radius 2 is 2.26 bits per heavy atom. The van der Waals surface area contributed by atoms with Crippen molar-refractivity contribution in [3.05, 3.63) is 34.9 Å². The van der Waals surface area contributed by atoms with Gasteiger partial charge in [-0.25, -0.2) is 0 Å². The van der Waals surface area contributed by atoms with Crippen LogP contribution < -0.4 is 5.32 Å². The number of benzene rings is 1. The normalized spacial score (nSPS) is 25.2. The first-order chi connectivity index (χ1) is 9.15. The molecule has 0 saturated carbocycles. The first-order valence-electron chi connectivity index (χ1n) is 7.28. The van der Waals surface area contributed by atoms with Crippen LogP contribution in [0.1, 0.15) is 51.1 Å². The predicted molar refractivity (Wildman–Crippen MR) is 80.7 cm³/mol. The Morgan fingerprint density at radius 1 is 1.42 bits per heavy atom. The molecule has 1 aliphatic heterocycles. The summed E-state index contributed by atoms with van der Waals surface area (Å²) in [6.07, 6.45) is 4.63.